The molecule has 0 unspecified atom stereocenters. The molecule has 86 valence electrons. The van der Waals surface area contributed by atoms with Crippen LogP contribution in [0.2, 0.25) is 0 Å². The summed E-state index contributed by atoms with van der Waals surface area (Å²) in [5, 5.41) is 5.93. The van der Waals surface area contributed by atoms with Crippen LogP contribution in [0.4, 0.5) is 0 Å². The van der Waals surface area contributed by atoms with E-state index < -0.39 is 0 Å². The van der Waals surface area contributed by atoms with Gasteiger partial charge in [-0.25, -0.2) is 0 Å². The Balaban J connectivity index is 2.15. The van der Waals surface area contributed by atoms with Crippen LogP contribution >= 0.6 is 0 Å². The molecule has 0 aromatic rings. The predicted molar refractivity (Wildman–Crippen MR) is 56.1 cm³/mol. The third kappa shape index (κ3) is 4.69. The van der Waals surface area contributed by atoms with E-state index >= 15 is 0 Å². The van der Waals surface area contributed by atoms with Gasteiger partial charge in [0.05, 0.1) is 0 Å². The van der Waals surface area contributed by atoms with Crippen molar-refractivity contribution in [1.29, 1.82) is 0 Å². The first-order chi connectivity index (χ1) is 7.20. The summed E-state index contributed by atoms with van der Waals surface area (Å²) in [5.74, 6) is 0.0334. The van der Waals surface area contributed by atoms with Crippen molar-refractivity contribution in [2.45, 2.75) is 19.9 Å². The van der Waals surface area contributed by atoms with Crippen LogP contribution in [0.15, 0.2) is 12.0 Å². The van der Waals surface area contributed by atoms with E-state index in [1.807, 2.05) is 0 Å². The van der Waals surface area contributed by atoms with Crippen LogP contribution in [0.5, 0.6) is 0 Å². The molecule has 1 heterocycles. The number of carbonyl (C=O) groups is 1. The zero-order valence-electron chi connectivity index (χ0n) is 9.21. The Hall–Kier alpha value is -1.23. The van der Waals surface area contributed by atoms with Gasteiger partial charge in [-0.15, -0.1) is 0 Å². The van der Waals surface area contributed by atoms with Gasteiger partial charge in [0.2, 0.25) is 5.76 Å². The summed E-state index contributed by atoms with van der Waals surface area (Å²) in [4.78, 5) is 11.4. The Bertz CT molecular complexity index is 239. The number of amides is 1. The van der Waals surface area contributed by atoms with Gasteiger partial charge in [-0.2, -0.15) is 0 Å². The lowest BCUT2D eigenvalue weighted by Gasteiger charge is -2.15. The van der Waals surface area contributed by atoms with Crippen molar-refractivity contribution in [3.63, 3.8) is 0 Å². The first-order valence-corrected chi connectivity index (χ1v) is 5.16. The molecule has 15 heavy (non-hydrogen) atoms. The van der Waals surface area contributed by atoms with Crippen molar-refractivity contribution < 1.29 is 14.3 Å². The third-order valence-corrected chi connectivity index (χ3v) is 1.84. The van der Waals surface area contributed by atoms with Gasteiger partial charge in [0.1, 0.15) is 19.5 Å². The summed E-state index contributed by atoms with van der Waals surface area (Å²) in [6.45, 7) is 6.38. The van der Waals surface area contributed by atoms with Gasteiger partial charge in [0.25, 0.3) is 5.91 Å². The molecular weight excluding hydrogens is 196 g/mol. The SMILES string of the molecule is CC(C)NCCNC(=O)C1=COCCO1. The zero-order chi connectivity index (χ0) is 11.1. The summed E-state index contributed by atoms with van der Waals surface area (Å²) < 4.78 is 10.1. The van der Waals surface area contributed by atoms with E-state index in [0.29, 0.717) is 25.8 Å². The first kappa shape index (κ1) is 11.8. The second-order valence-electron chi connectivity index (χ2n) is 3.57. The van der Waals surface area contributed by atoms with Gasteiger partial charge >= 0.3 is 0 Å². The van der Waals surface area contributed by atoms with Crippen LogP contribution in [-0.4, -0.2) is 38.3 Å². The highest BCUT2D eigenvalue weighted by Crippen LogP contribution is 2.03. The van der Waals surface area contributed by atoms with E-state index in [1.165, 1.54) is 6.26 Å². The molecule has 0 spiro atoms. The molecule has 0 radical (unpaired) electrons. The summed E-state index contributed by atoms with van der Waals surface area (Å²) in [6, 6.07) is 0.426. The summed E-state index contributed by atoms with van der Waals surface area (Å²) in [6.07, 6.45) is 1.36. The molecule has 1 aliphatic rings. The topological polar surface area (TPSA) is 59.6 Å². The number of nitrogens with one attached hydrogen (secondary N) is 2. The number of ether oxygens (including phenoxy) is 2. The Morgan fingerprint density at radius 3 is 2.87 bits per heavy atom. The zero-order valence-corrected chi connectivity index (χ0v) is 9.21. The molecule has 0 fully saturated rings. The minimum atomic E-state index is -0.222. The van der Waals surface area contributed by atoms with Crippen molar-refractivity contribution in [3.8, 4) is 0 Å². The maximum Gasteiger partial charge on any atom is 0.289 e. The molecule has 0 bridgehead atoms. The molecule has 0 aliphatic carbocycles. The average Bonchev–Trinajstić information content (AvgIpc) is 2.25. The van der Waals surface area contributed by atoms with E-state index in [2.05, 4.69) is 24.5 Å². The fourth-order valence-electron chi connectivity index (χ4n) is 1.11. The number of carbonyl (C=O) groups excluding carboxylic acids is 1. The summed E-state index contributed by atoms with van der Waals surface area (Å²) in [5.41, 5.74) is 0. The van der Waals surface area contributed by atoms with Crippen molar-refractivity contribution in [3.05, 3.63) is 12.0 Å². The molecular formula is C10H18N2O3. The monoisotopic (exact) mass is 214 g/mol. The minimum Gasteiger partial charge on any atom is -0.494 e. The molecule has 1 amide bonds. The highest BCUT2D eigenvalue weighted by atomic mass is 16.6. The highest BCUT2D eigenvalue weighted by Gasteiger charge is 2.13. The van der Waals surface area contributed by atoms with Crippen LogP contribution in [-0.2, 0) is 14.3 Å². The van der Waals surface area contributed by atoms with Crippen molar-refractivity contribution in [1.82, 2.24) is 10.6 Å². The van der Waals surface area contributed by atoms with Crippen molar-refractivity contribution in [2.24, 2.45) is 0 Å². The van der Waals surface area contributed by atoms with Crippen LogP contribution in [0.3, 0.4) is 0 Å². The van der Waals surface area contributed by atoms with Gasteiger partial charge < -0.3 is 20.1 Å². The average molecular weight is 214 g/mol. The largest absolute Gasteiger partial charge is 0.494 e. The lowest BCUT2D eigenvalue weighted by Crippen LogP contribution is -2.36. The summed E-state index contributed by atoms with van der Waals surface area (Å²) >= 11 is 0. The Kier molecular flexibility index (Phi) is 4.97. The van der Waals surface area contributed by atoms with Crippen LogP contribution in [0.25, 0.3) is 0 Å². The van der Waals surface area contributed by atoms with Gasteiger partial charge in [-0.1, -0.05) is 13.8 Å². The van der Waals surface area contributed by atoms with Crippen molar-refractivity contribution in [2.75, 3.05) is 26.3 Å². The lowest BCUT2D eigenvalue weighted by molar-refractivity contribution is -0.122. The Morgan fingerprint density at radius 2 is 2.27 bits per heavy atom. The molecule has 0 aromatic heterocycles. The highest BCUT2D eigenvalue weighted by molar-refractivity contribution is 5.91. The number of hydrogen-bond donors (Lipinski definition) is 2. The maximum atomic E-state index is 11.4. The fraction of sp³-hybridized carbons (Fsp3) is 0.700. The molecule has 2 N–H and O–H groups in total. The predicted octanol–water partition coefficient (Wildman–Crippen LogP) is -0.0112. The molecule has 1 rings (SSSR count). The van der Waals surface area contributed by atoms with Gasteiger partial charge in [0, 0.05) is 19.1 Å². The fourth-order valence-corrected chi connectivity index (χ4v) is 1.11. The second-order valence-corrected chi connectivity index (χ2v) is 3.57. The second kappa shape index (κ2) is 6.29. The van der Waals surface area contributed by atoms with Crippen molar-refractivity contribution >= 4 is 5.91 Å². The first-order valence-electron chi connectivity index (χ1n) is 5.16. The van der Waals surface area contributed by atoms with E-state index in [0.717, 1.165) is 6.54 Å². The minimum absolute atomic E-state index is 0.222. The van der Waals surface area contributed by atoms with Gasteiger partial charge in [-0.3, -0.25) is 4.79 Å². The van der Waals surface area contributed by atoms with Gasteiger partial charge in [-0.05, 0) is 0 Å². The standard InChI is InChI=1S/C10H18N2O3/c1-8(2)11-3-4-12-10(13)9-7-14-5-6-15-9/h7-8,11H,3-6H2,1-2H3,(H,12,13). The normalized spacial score (nSPS) is 15.3. The molecule has 1 aliphatic heterocycles. The molecule has 0 saturated heterocycles. The molecule has 5 heteroatoms. The smallest absolute Gasteiger partial charge is 0.289 e. The Morgan fingerprint density at radius 1 is 1.47 bits per heavy atom. The van der Waals surface area contributed by atoms with Crippen LogP contribution in [0, 0.1) is 0 Å². The van der Waals surface area contributed by atoms with Crippen LogP contribution < -0.4 is 10.6 Å². The number of rotatable bonds is 5. The van der Waals surface area contributed by atoms with Crippen LogP contribution in [0.1, 0.15) is 13.8 Å². The third-order valence-electron chi connectivity index (χ3n) is 1.84. The van der Waals surface area contributed by atoms with E-state index in [4.69, 9.17) is 9.47 Å². The summed E-state index contributed by atoms with van der Waals surface area (Å²) in [7, 11) is 0. The van der Waals surface area contributed by atoms with E-state index in [-0.39, 0.29) is 11.7 Å². The quantitative estimate of drug-likeness (QED) is 0.632. The molecule has 0 aromatic carbocycles. The molecule has 0 saturated carbocycles. The van der Waals surface area contributed by atoms with E-state index in [9.17, 15) is 4.79 Å². The van der Waals surface area contributed by atoms with E-state index in [1.54, 1.807) is 0 Å². The maximum absolute atomic E-state index is 11.4. The molecule has 0 atom stereocenters. The number of hydrogen-bond acceptors (Lipinski definition) is 4. The lowest BCUT2D eigenvalue weighted by atomic mass is 10.4. The van der Waals surface area contributed by atoms with Gasteiger partial charge in [0.15, 0.2) is 0 Å². The Labute approximate surface area is 89.8 Å². The molecule has 5 nitrogen and oxygen atoms in total.